The summed E-state index contributed by atoms with van der Waals surface area (Å²) in [5.41, 5.74) is 6.21. The van der Waals surface area contributed by atoms with Crippen LogP contribution < -0.4 is 11.3 Å². The van der Waals surface area contributed by atoms with E-state index in [0.29, 0.717) is 12.0 Å². The van der Waals surface area contributed by atoms with Gasteiger partial charge >= 0.3 is 0 Å². The largest absolute Gasteiger partial charge is 0.271 e. The Morgan fingerprint density at radius 3 is 2.65 bits per heavy atom. The van der Waals surface area contributed by atoms with E-state index in [0.717, 1.165) is 5.92 Å². The maximum atomic E-state index is 5.84. The number of aryl methyl sites for hydroxylation is 1. The predicted octanol–water partition coefficient (Wildman–Crippen LogP) is 2.74. The van der Waals surface area contributed by atoms with Gasteiger partial charge in [0, 0.05) is 12.0 Å². The third-order valence-corrected chi connectivity index (χ3v) is 4.71. The van der Waals surface area contributed by atoms with E-state index in [1.165, 1.54) is 44.1 Å². The molecule has 1 aromatic rings. The standard InChI is InChI=1S/C15H22N2/c16-17-15(12-6-1-2-7-12)14-10-9-11-5-3-4-8-13(11)14/h3-5,8,12,14-15,17H,1-2,6-7,9-10,16H2. The maximum absolute atomic E-state index is 5.84. The highest BCUT2D eigenvalue weighted by Crippen LogP contribution is 2.41. The van der Waals surface area contributed by atoms with Gasteiger partial charge in [-0.3, -0.25) is 11.3 Å². The minimum Gasteiger partial charge on any atom is -0.271 e. The number of hydrogen-bond donors (Lipinski definition) is 2. The summed E-state index contributed by atoms with van der Waals surface area (Å²) in [6, 6.07) is 9.38. The molecule has 1 fully saturated rings. The van der Waals surface area contributed by atoms with Crippen molar-refractivity contribution in [1.29, 1.82) is 0 Å². The summed E-state index contributed by atoms with van der Waals surface area (Å²) < 4.78 is 0. The molecule has 3 N–H and O–H groups in total. The van der Waals surface area contributed by atoms with Gasteiger partial charge in [-0.25, -0.2) is 0 Å². The number of nitrogens with one attached hydrogen (secondary N) is 1. The highest BCUT2D eigenvalue weighted by Gasteiger charge is 2.34. The Labute approximate surface area is 104 Å². The van der Waals surface area contributed by atoms with Crippen molar-refractivity contribution in [2.75, 3.05) is 0 Å². The Morgan fingerprint density at radius 2 is 1.88 bits per heavy atom. The lowest BCUT2D eigenvalue weighted by molar-refractivity contribution is 0.311. The predicted molar refractivity (Wildman–Crippen MR) is 70.6 cm³/mol. The van der Waals surface area contributed by atoms with Crippen LogP contribution in [0.4, 0.5) is 0 Å². The minimum atomic E-state index is 0.487. The molecule has 92 valence electrons. The van der Waals surface area contributed by atoms with Gasteiger partial charge in [0.1, 0.15) is 0 Å². The van der Waals surface area contributed by atoms with E-state index in [2.05, 4.69) is 29.7 Å². The molecule has 0 aromatic heterocycles. The highest BCUT2D eigenvalue weighted by atomic mass is 15.2. The van der Waals surface area contributed by atoms with Gasteiger partial charge in [0.15, 0.2) is 0 Å². The Kier molecular flexibility index (Phi) is 3.17. The Hall–Kier alpha value is -0.860. The van der Waals surface area contributed by atoms with Gasteiger partial charge in [-0.15, -0.1) is 0 Å². The van der Waals surface area contributed by atoms with E-state index >= 15 is 0 Å². The number of hydrogen-bond acceptors (Lipinski definition) is 2. The molecule has 3 rings (SSSR count). The van der Waals surface area contributed by atoms with Crippen molar-refractivity contribution in [2.45, 2.75) is 50.5 Å². The number of nitrogens with two attached hydrogens (primary N) is 1. The van der Waals surface area contributed by atoms with Crippen LogP contribution in [-0.4, -0.2) is 6.04 Å². The molecule has 2 atom stereocenters. The van der Waals surface area contributed by atoms with Crippen molar-refractivity contribution in [3.8, 4) is 0 Å². The van der Waals surface area contributed by atoms with Gasteiger partial charge in [-0.1, -0.05) is 37.1 Å². The van der Waals surface area contributed by atoms with Crippen LogP contribution in [0.15, 0.2) is 24.3 Å². The molecule has 2 aliphatic rings. The zero-order chi connectivity index (χ0) is 11.7. The SMILES string of the molecule is NNC(C1CCCC1)C1CCc2ccccc21. The normalized spacial score (nSPS) is 26.1. The van der Waals surface area contributed by atoms with Crippen molar-refractivity contribution >= 4 is 0 Å². The second kappa shape index (κ2) is 4.79. The fourth-order valence-electron chi connectivity index (χ4n) is 3.86. The first-order valence-corrected chi connectivity index (χ1v) is 6.94. The number of rotatable bonds is 3. The van der Waals surface area contributed by atoms with Gasteiger partial charge in [-0.2, -0.15) is 0 Å². The second-order valence-corrected chi connectivity index (χ2v) is 5.58. The van der Waals surface area contributed by atoms with E-state index in [1.54, 1.807) is 5.56 Å². The Morgan fingerprint density at radius 1 is 1.12 bits per heavy atom. The number of hydrazine groups is 1. The fourth-order valence-corrected chi connectivity index (χ4v) is 3.86. The molecule has 0 amide bonds. The third kappa shape index (κ3) is 2.00. The average Bonchev–Trinajstić information content (AvgIpc) is 3.01. The van der Waals surface area contributed by atoms with Crippen molar-refractivity contribution in [3.63, 3.8) is 0 Å². The molecule has 0 saturated heterocycles. The molecule has 0 radical (unpaired) electrons. The first-order chi connectivity index (χ1) is 8.40. The molecule has 0 spiro atoms. The molecule has 2 aliphatic carbocycles. The lowest BCUT2D eigenvalue weighted by Crippen LogP contribution is -2.43. The van der Waals surface area contributed by atoms with Gasteiger partial charge in [0.05, 0.1) is 0 Å². The number of benzene rings is 1. The second-order valence-electron chi connectivity index (χ2n) is 5.58. The van der Waals surface area contributed by atoms with E-state index in [9.17, 15) is 0 Å². The summed E-state index contributed by atoms with van der Waals surface area (Å²) >= 11 is 0. The van der Waals surface area contributed by atoms with Crippen LogP contribution >= 0.6 is 0 Å². The first kappa shape index (κ1) is 11.2. The first-order valence-electron chi connectivity index (χ1n) is 6.94. The molecular weight excluding hydrogens is 208 g/mol. The molecule has 1 saturated carbocycles. The zero-order valence-corrected chi connectivity index (χ0v) is 10.4. The number of fused-ring (bicyclic) bond motifs is 1. The molecule has 2 unspecified atom stereocenters. The quantitative estimate of drug-likeness (QED) is 0.619. The molecule has 0 heterocycles. The van der Waals surface area contributed by atoms with E-state index in [1.807, 2.05) is 0 Å². The van der Waals surface area contributed by atoms with Crippen LogP contribution in [0.25, 0.3) is 0 Å². The summed E-state index contributed by atoms with van der Waals surface area (Å²) in [5.74, 6) is 7.27. The summed E-state index contributed by atoms with van der Waals surface area (Å²) in [7, 11) is 0. The van der Waals surface area contributed by atoms with Crippen molar-refractivity contribution in [3.05, 3.63) is 35.4 Å². The van der Waals surface area contributed by atoms with Crippen LogP contribution in [0.2, 0.25) is 0 Å². The van der Waals surface area contributed by atoms with Crippen LogP contribution in [0.1, 0.15) is 49.1 Å². The Bertz CT molecular complexity index is 382. The molecular formula is C15H22N2. The average molecular weight is 230 g/mol. The van der Waals surface area contributed by atoms with Crippen LogP contribution in [0, 0.1) is 5.92 Å². The monoisotopic (exact) mass is 230 g/mol. The lowest BCUT2D eigenvalue weighted by atomic mass is 9.84. The van der Waals surface area contributed by atoms with E-state index in [4.69, 9.17) is 5.84 Å². The topological polar surface area (TPSA) is 38.0 Å². The summed E-state index contributed by atoms with van der Waals surface area (Å²) in [4.78, 5) is 0. The molecule has 2 nitrogen and oxygen atoms in total. The van der Waals surface area contributed by atoms with E-state index < -0.39 is 0 Å². The summed E-state index contributed by atoms with van der Waals surface area (Å²) in [6.45, 7) is 0. The Balaban J connectivity index is 1.84. The maximum Gasteiger partial charge on any atom is 0.0307 e. The molecule has 0 aliphatic heterocycles. The lowest BCUT2D eigenvalue weighted by Gasteiger charge is -2.29. The molecule has 17 heavy (non-hydrogen) atoms. The fraction of sp³-hybridized carbons (Fsp3) is 0.600. The molecule has 1 aromatic carbocycles. The summed E-state index contributed by atoms with van der Waals surface area (Å²) in [6.07, 6.45) is 7.98. The van der Waals surface area contributed by atoms with Crippen molar-refractivity contribution in [2.24, 2.45) is 11.8 Å². The van der Waals surface area contributed by atoms with Crippen molar-refractivity contribution in [1.82, 2.24) is 5.43 Å². The minimum absolute atomic E-state index is 0.487. The van der Waals surface area contributed by atoms with Crippen molar-refractivity contribution < 1.29 is 0 Å². The third-order valence-electron chi connectivity index (χ3n) is 4.71. The van der Waals surface area contributed by atoms with Gasteiger partial charge in [0.2, 0.25) is 0 Å². The smallest absolute Gasteiger partial charge is 0.0307 e. The van der Waals surface area contributed by atoms with Gasteiger partial charge in [-0.05, 0) is 42.7 Å². The summed E-state index contributed by atoms with van der Waals surface area (Å²) in [5, 5.41) is 0. The van der Waals surface area contributed by atoms with Gasteiger partial charge in [0.25, 0.3) is 0 Å². The molecule has 0 bridgehead atoms. The zero-order valence-electron chi connectivity index (χ0n) is 10.4. The molecule has 2 heteroatoms. The van der Waals surface area contributed by atoms with Crippen LogP contribution in [-0.2, 0) is 6.42 Å². The van der Waals surface area contributed by atoms with E-state index in [-0.39, 0.29) is 0 Å². The van der Waals surface area contributed by atoms with Gasteiger partial charge < -0.3 is 0 Å². The van der Waals surface area contributed by atoms with Crippen LogP contribution in [0.3, 0.4) is 0 Å². The van der Waals surface area contributed by atoms with Crippen LogP contribution in [0.5, 0.6) is 0 Å². The highest BCUT2D eigenvalue weighted by molar-refractivity contribution is 5.36.